The molecule has 1 aromatic heterocycles. The molecule has 3 aromatic rings. The second kappa shape index (κ2) is 7.05. The normalized spacial score (nSPS) is 15.0. The SMILES string of the molecule is COc1ccc2c(c1OC)C(=O)O[C@@H]2Nc1c(C)n(C)n(-c2ccccc2)c1=O. The van der Waals surface area contributed by atoms with E-state index in [0.717, 1.165) is 5.69 Å². The third-order valence-electron chi connectivity index (χ3n) is 5.12. The van der Waals surface area contributed by atoms with Gasteiger partial charge in [0.2, 0.25) is 6.23 Å². The third-order valence-corrected chi connectivity index (χ3v) is 5.12. The van der Waals surface area contributed by atoms with Gasteiger partial charge in [-0.25, -0.2) is 9.48 Å². The quantitative estimate of drug-likeness (QED) is 0.669. The van der Waals surface area contributed by atoms with Gasteiger partial charge in [-0.15, -0.1) is 0 Å². The number of hydrogen-bond acceptors (Lipinski definition) is 6. The summed E-state index contributed by atoms with van der Waals surface area (Å²) in [6.45, 7) is 1.83. The molecule has 1 aliphatic heterocycles. The highest BCUT2D eigenvalue weighted by molar-refractivity contribution is 5.98. The van der Waals surface area contributed by atoms with Crippen LogP contribution >= 0.6 is 0 Å². The van der Waals surface area contributed by atoms with Gasteiger partial charge >= 0.3 is 5.97 Å². The van der Waals surface area contributed by atoms with Gasteiger partial charge in [-0.05, 0) is 31.2 Å². The van der Waals surface area contributed by atoms with Crippen molar-refractivity contribution in [3.8, 4) is 17.2 Å². The summed E-state index contributed by atoms with van der Waals surface area (Å²) in [6.07, 6.45) is -0.810. The minimum Gasteiger partial charge on any atom is -0.493 e. The fraction of sp³-hybridized carbons (Fsp3) is 0.238. The Morgan fingerprint density at radius 3 is 2.41 bits per heavy atom. The highest BCUT2D eigenvalue weighted by Gasteiger charge is 2.37. The zero-order valence-corrected chi connectivity index (χ0v) is 16.6. The van der Waals surface area contributed by atoms with E-state index in [1.807, 2.05) is 37.3 Å². The Balaban J connectivity index is 1.77. The van der Waals surface area contributed by atoms with Crippen molar-refractivity contribution >= 4 is 11.7 Å². The van der Waals surface area contributed by atoms with Crippen LogP contribution in [0.5, 0.6) is 11.5 Å². The third kappa shape index (κ3) is 2.84. The summed E-state index contributed by atoms with van der Waals surface area (Å²) < 4.78 is 19.4. The first-order chi connectivity index (χ1) is 14.0. The van der Waals surface area contributed by atoms with Gasteiger partial charge in [0.15, 0.2) is 11.5 Å². The number of nitrogens with zero attached hydrogens (tertiary/aromatic N) is 2. The lowest BCUT2D eigenvalue weighted by atomic mass is 10.1. The summed E-state index contributed by atoms with van der Waals surface area (Å²) in [6, 6.07) is 12.8. The number of para-hydroxylation sites is 1. The molecule has 0 radical (unpaired) electrons. The summed E-state index contributed by atoms with van der Waals surface area (Å²) in [5.74, 6) is 0.210. The molecule has 1 aliphatic rings. The monoisotopic (exact) mass is 395 g/mol. The van der Waals surface area contributed by atoms with Crippen molar-refractivity contribution in [3.05, 3.63) is 69.6 Å². The van der Waals surface area contributed by atoms with Gasteiger partial charge in [0.1, 0.15) is 11.3 Å². The minimum atomic E-state index is -0.810. The fourth-order valence-electron chi connectivity index (χ4n) is 3.57. The number of hydrogen-bond donors (Lipinski definition) is 1. The van der Waals surface area contributed by atoms with Gasteiger partial charge in [-0.1, -0.05) is 18.2 Å². The van der Waals surface area contributed by atoms with Crippen LogP contribution in [0.1, 0.15) is 27.8 Å². The zero-order valence-electron chi connectivity index (χ0n) is 16.6. The summed E-state index contributed by atoms with van der Waals surface area (Å²) in [4.78, 5) is 25.6. The van der Waals surface area contributed by atoms with E-state index in [0.29, 0.717) is 34.0 Å². The van der Waals surface area contributed by atoms with Crippen molar-refractivity contribution in [1.82, 2.24) is 9.36 Å². The summed E-state index contributed by atoms with van der Waals surface area (Å²) in [7, 11) is 4.77. The van der Waals surface area contributed by atoms with Crippen LogP contribution in [-0.2, 0) is 11.8 Å². The van der Waals surface area contributed by atoms with Crippen LogP contribution in [0, 0.1) is 6.92 Å². The topological polar surface area (TPSA) is 83.7 Å². The van der Waals surface area contributed by atoms with Gasteiger partial charge < -0.3 is 19.5 Å². The molecule has 0 fully saturated rings. The molecule has 150 valence electrons. The Bertz CT molecular complexity index is 1150. The largest absolute Gasteiger partial charge is 0.493 e. The number of rotatable bonds is 5. The van der Waals surface area contributed by atoms with Gasteiger partial charge in [0.25, 0.3) is 5.56 Å². The first-order valence-corrected chi connectivity index (χ1v) is 9.04. The number of ether oxygens (including phenoxy) is 3. The molecule has 2 heterocycles. The molecule has 0 bridgehead atoms. The zero-order chi connectivity index (χ0) is 20.7. The van der Waals surface area contributed by atoms with Crippen LogP contribution in [0.2, 0.25) is 0 Å². The van der Waals surface area contributed by atoms with Crippen molar-refractivity contribution in [2.45, 2.75) is 13.2 Å². The van der Waals surface area contributed by atoms with Gasteiger partial charge in [-0.2, -0.15) is 0 Å². The second-order valence-electron chi connectivity index (χ2n) is 6.63. The van der Waals surface area contributed by atoms with E-state index < -0.39 is 12.2 Å². The Labute approximate surface area is 167 Å². The van der Waals surface area contributed by atoms with Crippen LogP contribution in [-0.4, -0.2) is 29.6 Å². The van der Waals surface area contributed by atoms with E-state index in [-0.39, 0.29) is 5.56 Å². The lowest BCUT2D eigenvalue weighted by Crippen LogP contribution is -2.22. The van der Waals surface area contributed by atoms with Crippen LogP contribution < -0.4 is 20.3 Å². The number of esters is 1. The molecule has 8 nitrogen and oxygen atoms in total. The maximum Gasteiger partial charge on any atom is 0.344 e. The molecular weight excluding hydrogens is 374 g/mol. The van der Waals surface area contributed by atoms with Gasteiger partial charge in [0, 0.05) is 12.6 Å². The van der Waals surface area contributed by atoms with E-state index in [1.165, 1.54) is 14.2 Å². The summed E-state index contributed by atoms with van der Waals surface area (Å²) in [5, 5.41) is 3.09. The van der Waals surface area contributed by atoms with E-state index >= 15 is 0 Å². The van der Waals surface area contributed by atoms with Crippen molar-refractivity contribution in [2.75, 3.05) is 19.5 Å². The number of benzene rings is 2. The molecule has 4 rings (SSSR count). The Hall–Kier alpha value is -3.68. The fourth-order valence-corrected chi connectivity index (χ4v) is 3.57. The molecular formula is C21H21N3O5. The number of carbonyl (C=O) groups is 1. The standard InChI is InChI=1S/C21H21N3O5/c1-12-17(20(25)24(23(12)2)13-8-6-5-7-9-13)22-19-14-10-11-15(27-3)18(28-4)16(14)21(26)29-19/h5-11,19,22H,1-4H3/t19-/m0/s1. The maximum absolute atomic E-state index is 13.1. The van der Waals surface area contributed by atoms with Crippen LogP contribution in [0.3, 0.4) is 0 Å². The van der Waals surface area contributed by atoms with Crippen molar-refractivity contribution in [1.29, 1.82) is 0 Å². The van der Waals surface area contributed by atoms with Crippen LogP contribution in [0.4, 0.5) is 5.69 Å². The highest BCUT2D eigenvalue weighted by atomic mass is 16.6. The Morgan fingerprint density at radius 2 is 1.76 bits per heavy atom. The number of nitrogens with one attached hydrogen (secondary N) is 1. The molecule has 0 spiro atoms. The number of methoxy groups -OCH3 is 2. The number of fused-ring (bicyclic) bond motifs is 1. The van der Waals surface area contributed by atoms with Crippen molar-refractivity contribution < 1.29 is 19.0 Å². The molecule has 1 atom stereocenters. The smallest absolute Gasteiger partial charge is 0.344 e. The Kier molecular flexibility index (Phi) is 4.54. The lowest BCUT2D eigenvalue weighted by molar-refractivity contribution is 0.0435. The summed E-state index contributed by atoms with van der Waals surface area (Å²) in [5.41, 5.74) is 2.45. The number of aromatic nitrogens is 2. The van der Waals surface area contributed by atoms with Crippen molar-refractivity contribution in [2.24, 2.45) is 7.05 Å². The first-order valence-electron chi connectivity index (χ1n) is 9.04. The predicted molar refractivity (Wildman–Crippen MR) is 107 cm³/mol. The molecule has 0 amide bonds. The molecule has 8 heteroatoms. The van der Waals surface area contributed by atoms with Crippen LogP contribution in [0.25, 0.3) is 5.69 Å². The predicted octanol–water partition coefficient (Wildman–Crippen LogP) is 2.78. The average Bonchev–Trinajstić information content (AvgIpc) is 3.16. The number of carbonyl (C=O) groups excluding carboxylic acids is 1. The van der Waals surface area contributed by atoms with E-state index in [4.69, 9.17) is 14.2 Å². The van der Waals surface area contributed by atoms with Gasteiger partial charge in [-0.3, -0.25) is 9.48 Å². The minimum absolute atomic E-state index is 0.235. The number of anilines is 1. The highest BCUT2D eigenvalue weighted by Crippen LogP contribution is 2.42. The lowest BCUT2D eigenvalue weighted by Gasteiger charge is -2.14. The molecule has 0 saturated carbocycles. The first kappa shape index (κ1) is 18.7. The summed E-state index contributed by atoms with van der Waals surface area (Å²) >= 11 is 0. The molecule has 1 N–H and O–H groups in total. The average molecular weight is 395 g/mol. The maximum atomic E-state index is 13.1. The Morgan fingerprint density at radius 1 is 1.03 bits per heavy atom. The molecule has 2 aromatic carbocycles. The second-order valence-corrected chi connectivity index (χ2v) is 6.63. The molecule has 0 aliphatic carbocycles. The van der Waals surface area contributed by atoms with E-state index in [2.05, 4.69) is 5.32 Å². The van der Waals surface area contributed by atoms with Crippen LogP contribution in [0.15, 0.2) is 47.3 Å². The van der Waals surface area contributed by atoms with E-state index in [9.17, 15) is 9.59 Å². The number of cyclic esters (lactones) is 1. The molecule has 0 saturated heterocycles. The van der Waals surface area contributed by atoms with E-state index in [1.54, 1.807) is 28.5 Å². The molecule has 0 unspecified atom stereocenters. The molecule has 29 heavy (non-hydrogen) atoms. The van der Waals surface area contributed by atoms with Crippen molar-refractivity contribution in [3.63, 3.8) is 0 Å². The van der Waals surface area contributed by atoms with Gasteiger partial charge in [0.05, 0.1) is 25.6 Å².